The molecule has 110 valence electrons. The molecule has 0 spiro atoms. The molecule has 1 amide bonds. The Morgan fingerprint density at radius 1 is 1.60 bits per heavy atom. The highest BCUT2D eigenvalue weighted by Gasteiger charge is 2.32. The summed E-state index contributed by atoms with van der Waals surface area (Å²) < 4.78 is 6.45. The average Bonchev–Trinajstić information content (AvgIpc) is 2.42. The number of carbonyl (C=O) groups is 1. The maximum Gasteiger partial charge on any atom is 0.223 e. The Balaban J connectivity index is 2.67. The number of anilines is 1. The van der Waals surface area contributed by atoms with Crippen LogP contribution in [0, 0.1) is 6.92 Å². The molecule has 1 aromatic rings. The molecular formula is C15H20BrNO3. The molecule has 4 nitrogen and oxygen atoms in total. The standard InChI is InChI=1S/C15H20BrNO3/c1-9-8-12(20-3)13-11(5-7-18)4-6-17(10(2)19)15(13)14(9)16/h8,11,18H,4-7H2,1-3H3/t11-/m0/s1. The summed E-state index contributed by atoms with van der Waals surface area (Å²) in [5.41, 5.74) is 2.97. The number of aryl methyl sites for hydroxylation is 1. The number of nitrogens with zero attached hydrogens (tertiary/aromatic N) is 1. The quantitative estimate of drug-likeness (QED) is 0.919. The molecule has 2 rings (SSSR count). The van der Waals surface area contributed by atoms with Crippen LogP contribution in [-0.4, -0.2) is 31.3 Å². The molecule has 1 aliphatic rings. The second-order valence-corrected chi connectivity index (χ2v) is 5.93. The average molecular weight is 342 g/mol. The monoisotopic (exact) mass is 341 g/mol. The van der Waals surface area contributed by atoms with Crippen LogP contribution >= 0.6 is 15.9 Å². The van der Waals surface area contributed by atoms with Crippen LogP contribution in [0.3, 0.4) is 0 Å². The fourth-order valence-corrected chi connectivity index (χ4v) is 3.43. The highest BCUT2D eigenvalue weighted by atomic mass is 79.9. The van der Waals surface area contributed by atoms with E-state index >= 15 is 0 Å². The fraction of sp³-hybridized carbons (Fsp3) is 0.533. The molecule has 0 saturated heterocycles. The number of amides is 1. The van der Waals surface area contributed by atoms with Crippen LogP contribution in [-0.2, 0) is 4.79 Å². The summed E-state index contributed by atoms with van der Waals surface area (Å²) in [4.78, 5) is 13.7. The first kappa shape index (κ1) is 15.3. The van der Waals surface area contributed by atoms with Crippen LogP contribution in [0.5, 0.6) is 5.75 Å². The molecule has 1 heterocycles. The lowest BCUT2D eigenvalue weighted by atomic mass is 9.86. The van der Waals surface area contributed by atoms with Gasteiger partial charge in [-0.15, -0.1) is 0 Å². The highest BCUT2D eigenvalue weighted by Crippen LogP contribution is 2.47. The van der Waals surface area contributed by atoms with Crippen molar-refractivity contribution in [3.63, 3.8) is 0 Å². The van der Waals surface area contributed by atoms with E-state index in [4.69, 9.17) is 4.74 Å². The van der Waals surface area contributed by atoms with Gasteiger partial charge in [0.05, 0.1) is 12.8 Å². The molecule has 0 aromatic heterocycles. The number of benzene rings is 1. The molecule has 1 aliphatic heterocycles. The van der Waals surface area contributed by atoms with E-state index in [-0.39, 0.29) is 18.4 Å². The second kappa shape index (κ2) is 6.14. The number of ether oxygens (including phenoxy) is 1. The van der Waals surface area contributed by atoms with Gasteiger partial charge in [0.25, 0.3) is 0 Å². The van der Waals surface area contributed by atoms with E-state index < -0.39 is 0 Å². The molecule has 0 saturated carbocycles. The summed E-state index contributed by atoms with van der Waals surface area (Å²) >= 11 is 3.60. The van der Waals surface area contributed by atoms with Gasteiger partial charge in [-0.25, -0.2) is 0 Å². The molecule has 0 bridgehead atoms. The number of halogens is 1. The summed E-state index contributed by atoms with van der Waals surface area (Å²) in [6.07, 6.45) is 1.53. The lowest BCUT2D eigenvalue weighted by molar-refractivity contribution is -0.116. The Labute approximate surface area is 127 Å². The van der Waals surface area contributed by atoms with Gasteiger partial charge in [-0.2, -0.15) is 0 Å². The van der Waals surface area contributed by atoms with Crippen molar-refractivity contribution in [3.8, 4) is 5.75 Å². The van der Waals surface area contributed by atoms with Crippen molar-refractivity contribution in [3.05, 3.63) is 21.7 Å². The predicted octanol–water partition coefficient (Wildman–Crippen LogP) is 2.99. The number of rotatable bonds is 3. The molecule has 0 radical (unpaired) electrons. The van der Waals surface area contributed by atoms with Gasteiger partial charge < -0.3 is 14.7 Å². The summed E-state index contributed by atoms with van der Waals surface area (Å²) in [5.74, 6) is 1.05. The van der Waals surface area contributed by atoms with Crippen LogP contribution in [0.15, 0.2) is 10.5 Å². The Morgan fingerprint density at radius 2 is 2.30 bits per heavy atom. The van der Waals surface area contributed by atoms with Crippen molar-refractivity contribution in [1.82, 2.24) is 0 Å². The molecule has 0 unspecified atom stereocenters. The molecule has 20 heavy (non-hydrogen) atoms. The van der Waals surface area contributed by atoms with Crippen molar-refractivity contribution >= 4 is 27.5 Å². The van der Waals surface area contributed by atoms with Gasteiger partial charge in [-0.1, -0.05) is 0 Å². The lowest BCUT2D eigenvalue weighted by Gasteiger charge is -2.36. The van der Waals surface area contributed by atoms with Gasteiger partial charge in [-0.3, -0.25) is 4.79 Å². The number of hydrogen-bond donors (Lipinski definition) is 1. The van der Waals surface area contributed by atoms with Crippen molar-refractivity contribution in [2.24, 2.45) is 0 Å². The van der Waals surface area contributed by atoms with Crippen LogP contribution in [0.2, 0.25) is 0 Å². The third-order valence-electron chi connectivity index (χ3n) is 3.88. The first-order valence-electron chi connectivity index (χ1n) is 6.77. The van der Waals surface area contributed by atoms with E-state index in [0.717, 1.165) is 33.5 Å². The summed E-state index contributed by atoms with van der Waals surface area (Å²) in [6.45, 7) is 4.38. The van der Waals surface area contributed by atoms with Crippen molar-refractivity contribution < 1.29 is 14.6 Å². The number of hydrogen-bond acceptors (Lipinski definition) is 3. The first-order valence-corrected chi connectivity index (χ1v) is 7.56. The first-order chi connectivity index (χ1) is 9.51. The maximum absolute atomic E-state index is 11.9. The van der Waals surface area contributed by atoms with E-state index in [9.17, 15) is 9.90 Å². The summed E-state index contributed by atoms with van der Waals surface area (Å²) in [6, 6.07) is 1.98. The zero-order valence-electron chi connectivity index (χ0n) is 12.1. The molecular weight excluding hydrogens is 322 g/mol. The zero-order chi connectivity index (χ0) is 14.9. The Bertz CT molecular complexity index is 530. The summed E-state index contributed by atoms with van der Waals surface area (Å²) in [5, 5.41) is 9.27. The van der Waals surface area contributed by atoms with E-state index in [2.05, 4.69) is 15.9 Å². The zero-order valence-corrected chi connectivity index (χ0v) is 13.7. The van der Waals surface area contributed by atoms with E-state index in [1.165, 1.54) is 0 Å². The van der Waals surface area contributed by atoms with Gasteiger partial charge in [-0.05, 0) is 53.2 Å². The van der Waals surface area contributed by atoms with Gasteiger partial charge >= 0.3 is 0 Å². The molecule has 1 atom stereocenters. The molecule has 5 heteroatoms. The number of aliphatic hydroxyl groups is 1. The van der Waals surface area contributed by atoms with Crippen LogP contribution in [0.1, 0.15) is 36.8 Å². The maximum atomic E-state index is 11.9. The minimum absolute atomic E-state index is 0.0297. The summed E-state index contributed by atoms with van der Waals surface area (Å²) in [7, 11) is 1.64. The SMILES string of the molecule is COc1cc(C)c(Br)c2c1[C@H](CCO)CCN2C(C)=O. The van der Waals surface area contributed by atoms with Crippen LogP contribution in [0.25, 0.3) is 0 Å². The van der Waals surface area contributed by atoms with Crippen LogP contribution < -0.4 is 9.64 Å². The predicted molar refractivity (Wildman–Crippen MR) is 82.5 cm³/mol. The van der Waals surface area contributed by atoms with Crippen LogP contribution in [0.4, 0.5) is 5.69 Å². The van der Waals surface area contributed by atoms with E-state index in [1.807, 2.05) is 13.0 Å². The molecule has 0 aliphatic carbocycles. The smallest absolute Gasteiger partial charge is 0.223 e. The number of carbonyl (C=O) groups excluding carboxylic acids is 1. The molecule has 0 fully saturated rings. The number of methoxy groups -OCH3 is 1. The lowest BCUT2D eigenvalue weighted by Crippen LogP contribution is -2.36. The third-order valence-corrected chi connectivity index (χ3v) is 4.88. The highest BCUT2D eigenvalue weighted by molar-refractivity contribution is 9.10. The fourth-order valence-electron chi connectivity index (χ4n) is 2.89. The number of fused-ring (bicyclic) bond motifs is 1. The van der Waals surface area contributed by atoms with Crippen molar-refractivity contribution in [2.45, 2.75) is 32.6 Å². The minimum atomic E-state index is 0.0297. The van der Waals surface area contributed by atoms with E-state index in [0.29, 0.717) is 13.0 Å². The Kier molecular flexibility index (Phi) is 4.70. The van der Waals surface area contributed by atoms with E-state index in [1.54, 1.807) is 18.9 Å². The largest absolute Gasteiger partial charge is 0.496 e. The third kappa shape index (κ3) is 2.56. The second-order valence-electron chi connectivity index (χ2n) is 5.14. The van der Waals surface area contributed by atoms with Crippen molar-refractivity contribution in [2.75, 3.05) is 25.2 Å². The van der Waals surface area contributed by atoms with Gasteiger partial charge in [0.15, 0.2) is 0 Å². The van der Waals surface area contributed by atoms with Gasteiger partial charge in [0, 0.05) is 30.1 Å². The normalized spacial score (nSPS) is 17.9. The Morgan fingerprint density at radius 3 is 2.85 bits per heavy atom. The number of aliphatic hydroxyl groups excluding tert-OH is 1. The van der Waals surface area contributed by atoms with Gasteiger partial charge in [0.2, 0.25) is 5.91 Å². The minimum Gasteiger partial charge on any atom is -0.496 e. The van der Waals surface area contributed by atoms with Gasteiger partial charge in [0.1, 0.15) is 5.75 Å². The molecule has 1 N–H and O–H groups in total. The van der Waals surface area contributed by atoms with Crippen molar-refractivity contribution in [1.29, 1.82) is 0 Å². The Hall–Kier alpha value is -1.07. The molecule has 1 aromatic carbocycles. The topological polar surface area (TPSA) is 49.8 Å².